The lowest BCUT2D eigenvalue weighted by atomic mass is 10.3. The van der Waals surface area contributed by atoms with Crippen molar-refractivity contribution in [2.45, 2.75) is 6.42 Å². The van der Waals surface area contributed by atoms with E-state index in [-0.39, 0.29) is 5.91 Å². The van der Waals surface area contributed by atoms with Crippen LogP contribution < -0.4 is 10.1 Å². The summed E-state index contributed by atoms with van der Waals surface area (Å²) in [4.78, 5) is 13.7. The average Bonchev–Trinajstić information content (AvgIpc) is 2.38. The first-order valence-corrected chi connectivity index (χ1v) is 6.98. The minimum Gasteiger partial charge on any atom is -0.493 e. The molecular weight excluding hydrogens is 287 g/mol. The summed E-state index contributed by atoms with van der Waals surface area (Å²) in [5.74, 6) is 0.709. The maximum atomic E-state index is 11.9. The lowest BCUT2D eigenvalue weighted by Gasteiger charge is -2.27. The van der Waals surface area contributed by atoms with Gasteiger partial charge in [-0.25, -0.2) is 0 Å². The summed E-state index contributed by atoms with van der Waals surface area (Å²) in [6.07, 6.45) is 0.365. The summed E-state index contributed by atoms with van der Waals surface area (Å²) in [7, 11) is 0. The fourth-order valence-electron chi connectivity index (χ4n) is 1.94. The van der Waals surface area contributed by atoms with Crippen LogP contribution in [0.3, 0.4) is 0 Å². The van der Waals surface area contributed by atoms with Crippen molar-refractivity contribution in [3.05, 3.63) is 28.2 Å². The average molecular weight is 303 g/mol. The molecule has 0 aliphatic carbocycles. The molecule has 1 N–H and O–H groups in total. The van der Waals surface area contributed by atoms with Crippen molar-refractivity contribution in [3.8, 4) is 5.75 Å². The highest BCUT2D eigenvalue weighted by atomic mass is 35.5. The van der Waals surface area contributed by atoms with Gasteiger partial charge >= 0.3 is 0 Å². The SMILES string of the molecule is O=C(CCOc1cc(Cl)cc(Cl)c1)N1CCNCC1. The third-order valence-corrected chi connectivity index (χ3v) is 3.33. The van der Waals surface area contributed by atoms with Gasteiger partial charge in [-0.15, -0.1) is 0 Å². The molecule has 1 aliphatic heterocycles. The van der Waals surface area contributed by atoms with E-state index in [1.165, 1.54) is 0 Å². The number of halogens is 2. The number of nitrogens with one attached hydrogen (secondary N) is 1. The third kappa shape index (κ3) is 4.56. The van der Waals surface area contributed by atoms with Crippen molar-refractivity contribution in [1.29, 1.82) is 0 Å². The summed E-state index contributed by atoms with van der Waals surface area (Å²) in [6.45, 7) is 3.58. The quantitative estimate of drug-likeness (QED) is 0.927. The Bertz CT molecular complexity index is 428. The van der Waals surface area contributed by atoms with Crippen molar-refractivity contribution in [3.63, 3.8) is 0 Å². The Kier molecular flexibility index (Phi) is 5.31. The zero-order valence-corrected chi connectivity index (χ0v) is 12.0. The number of hydrogen-bond donors (Lipinski definition) is 1. The van der Waals surface area contributed by atoms with Gasteiger partial charge in [-0.05, 0) is 18.2 Å². The highest BCUT2D eigenvalue weighted by Crippen LogP contribution is 2.24. The van der Waals surface area contributed by atoms with Crippen molar-refractivity contribution in [2.24, 2.45) is 0 Å². The van der Waals surface area contributed by atoms with Crippen LogP contribution in [0.5, 0.6) is 5.75 Å². The number of hydrogen-bond acceptors (Lipinski definition) is 3. The van der Waals surface area contributed by atoms with Gasteiger partial charge in [0, 0.05) is 36.2 Å². The van der Waals surface area contributed by atoms with Gasteiger partial charge in [0.25, 0.3) is 0 Å². The van der Waals surface area contributed by atoms with E-state index in [1.807, 2.05) is 4.90 Å². The maximum Gasteiger partial charge on any atom is 0.226 e. The predicted molar refractivity (Wildman–Crippen MR) is 76.0 cm³/mol. The molecule has 1 aromatic carbocycles. The van der Waals surface area contributed by atoms with E-state index in [2.05, 4.69) is 5.32 Å². The van der Waals surface area contributed by atoms with Crippen LogP contribution >= 0.6 is 23.2 Å². The molecule has 0 atom stereocenters. The van der Waals surface area contributed by atoms with Crippen LogP contribution in [0, 0.1) is 0 Å². The lowest BCUT2D eigenvalue weighted by Crippen LogP contribution is -2.46. The Labute approximate surface area is 122 Å². The molecule has 6 heteroatoms. The molecule has 1 aromatic rings. The summed E-state index contributed by atoms with van der Waals surface area (Å²) in [5.41, 5.74) is 0. The topological polar surface area (TPSA) is 41.6 Å². The molecule has 1 heterocycles. The molecule has 0 unspecified atom stereocenters. The minimum absolute atomic E-state index is 0.120. The molecular formula is C13H16Cl2N2O2. The Morgan fingerprint density at radius 3 is 2.47 bits per heavy atom. The summed E-state index contributed by atoms with van der Waals surface area (Å²) >= 11 is 11.7. The van der Waals surface area contributed by atoms with Crippen LogP contribution in [0.15, 0.2) is 18.2 Å². The highest BCUT2D eigenvalue weighted by molar-refractivity contribution is 6.34. The largest absolute Gasteiger partial charge is 0.493 e. The van der Waals surface area contributed by atoms with Gasteiger partial charge in [-0.3, -0.25) is 4.79 Å². The number of ether oxygens (including phenoxy) is 1. The molecule has 2 rings (SSSR count). The van der Waals surface area contributed by atoms with E-state index < -0.39 is 0 Å². The van der Waals surface area contributed by atoms with Gasteiger partial charge < -0.3 is 15.0 Å². The second kappa shape index (κ2) is 6.98. The molecule has 104 valence electrons. The van der Waals surface area contributed by atoms with Crippen molar-refractivity contribution in [2.75, 3.05) is 32.8 Å². The highest BCUT2D eigenvalue weighted by Gasteiger charge is 2.15. The van der Waals surface area contributed by atoms with Crippen molar-refractivity contribution < 1.29 is 9.53 Å². The van der Waals surface area contributed by atoms with Crippen LogP contribution in [0.4, 0.5) is 0 Å². The molecule has 0 aromatic heterocycles. The fourth-order valence-corrected chi connectivity index (χ4v) is 2.45. The Balaban J connectivity index is 1.77. The summed E-state index contributed by atoms with van der Waals surface area (Å²) in [6, 6.07) is 5.01. The number of carbonyl (C=O) groups excluding carboxylic acids is 1. The van der Waals surface area contributed by atoms with Crippen LogP contribution in [0.1, 0.15) is 6.42 Å². The lowest BCUT2D eigenvalue weighted by molar-refractivity contribution is -0.132. The number of rotatable bonds is 4. The monoisotopic (exact) mass is 302 g/mol. The van der Waals surface area contributed by atoms with Crippen molar-refractivity contribution >= 4 is 29.1 Å². The first-order valence-electron chi connectivity index (χ1n) is 6.22. The summed E-state index contributed by atoms with van der Waals surface area (Å²) in [5, 5.41) is 4.26. The van der Waals surface area contributed by atoms with Gasteiger partial charge in [0.05, 0.1) is 13.0 Å². The van der Waals surface area contributed by atoms with Gasteiger partial charge in [-0.1, -0.05) is 23.2 Å². The van der Waals surface area contributed by atoms with E-state index in [9.17, 15) is 4.79 Å². The zero-order chi connectivity index (χ0) is 13.7. The predicted octanol–water partition coefficient (Wildman–Crippen LogP) is 2.19. The molecule has 0 radical (unpaired) electrons. The van der Waals surface area contributed by atoms with Gasteiger partial charge in [0.1, 0.15) is 5.75 Å². The molecule has 1 saturated heterocycles. The molecule has 0 spiro atoms. The van der Waals surface area contributed by atoms with Crippen LogP contribution in [0.2, 0.25) is 10.0 Å². The molecule has 19 heavy (non-hydrogen) atoms. The second-order valence-electron chi connectivity index (χ2n) is 4.33. The molecule has 0 saturated carbocycles. The molecule has 1 fully saturated rings. The van der Waals surface area contributed by atoms with Crippen molar-refractivity contribution in [1.82, 2.24) is 10.2 Å². The molecule has 1 aliphatic rings. The number of piperazine rings is 1. The van der Waals surface area contributed by atoms with Gasteiger partial charge in [-0.2, -0.15) is 0 Å². The van der Waals surface area contributed by atoms with E-state index >= 15 is 0 Å². The molecule has 1 amide bonds. The van der Waals surface area contributed by atoms with Crippen LogP contribution in [0.25, 0.3) is 0 Å². The van der Waals surface area contributed by atoms with Gasteiger partial charge in [0.15, 0.2) is 0 Å². The number of nitrogens with zero attached hydrogens (tertiary/aromatic N) is 1. The number of benzene rings is 1. The first-order chi connectivity index (χ1) is 9.15. The summed E-state index contributed by atoms with van der Waals surface area (Å²) < 4.78 is 5.50. The number of carbonyl (C=O) groups is 1. The van der Waals surface area contributed by atoms with Crippen LogP contribution in [-0.2, 0) is 4.79 Å². The normalized spacial score (nSPS) is 15.4. The maximum absolute atomic E-state index is 11.9. The zero-order valence-electron chi connectivity index (χ0n) is 10.5. The number of amides is 1. The smallest absolute Gasteiger partial charge is 0.226 e. The van der Waals surface area contributed by atoms with E-state index in [0.29, 0.717) is 28.8 Å². The van der Waals surface area contributed by atoms with Gasteiger partial charge in [0.2, 0.25) is 5.91 Å². The Hall–Kier alpha value is -0.970. The van der Waals surface area contributed by atoms with E-state index in [1.54, 1.807) is 18.2 Å². The minimum atomic E-state index is 0.120. The van der Waals surface area contributed by atoms with E-state index in [4.69, 9.17) is 27.9 Å². The first kappa shape index (κ1) is 14.4. The molecule has 0 bridgehead atoms. The third-order valence-electron chi connectivity index (χ3n) is 2.89. The van der Waals surface area contributed by atoms with E-state index in [0.717, 1.165) is 26.2 Å². The standard InChI is InChI=1S/C13H16Cl2N2O2/c14-10-7-11(15)9-12(8-10)19-6-1-13(18)17-4-2-16-3-5-17/h7-9,16H,1-6H2. The fraction of sp³-hybridized carbons (Fsp3) is 0.462. The molecule has 4 nitrogen and oxygen atoms in total. The Morgan fingerprint density at radius 2 is 1.84 bits per heavy atom. The van der Waals surface area contributed by atoms with Crippen LogP contribution in [-0.4, -0.2) is 43.6 Å². The Morgan fingerprint density at radius 1 is 1.21 bits per heavy atom. The second-order valence-corrected chi connectivity index (χ2v) is 5.21.